The van der Waals surface area contributed by atoms with Crippen molar-refractivity contribution in [1.29, 1.82) is 0 Å². The molecule has 210 valence electrons. The molecule has 3 fully saturated rings. The van der Waals surface area contributed by atoms with Crippen LogP contribution >= 0.6 is 0 Å². The number of benzene rings is 1. The molecule has 1 aromatic heterocycles. The molecule has 0 radical (unpaired) electrons. The molecule has 2 saturated heterocycles. The Hall–Kier alpha value is -3.95. The maximum absolute atomic E-state index is 13.4. The summed E-state index contributed by atoms with van der Waals surface area (Å²) in [4.78, 5) is 55.3. The third kappa shape index (κ3) is 4.39. The second kappa shape index (κ2) is 10.2. The van der Waals surface area contributed by atoms with E-state index in [0.29, 0.717) is 47.8 Å². The van der Waals surface area contributed by atoms with Gasteiger partial charge in [0.05, 0.1) is 23.4 Å². The van der Waals surface area contributed by atoms with E-state index in [0.717, 1.165) is 62.1 Å². The van der Waals surface area contributed by atoms with E-state index in [9.17, 15) is 19.2 Å². The van der Waals surface area contributed by atoms with Crippen LogP contribution < -0.4 is 10.6 Å². The molecule has 0 spiro atoms. The summed E-state index contributed by atoms with van der Waals surface area (Å²) >= 11 is 0. The average Bonchev–Trinajstić information content (AvgIpc) is 3.50. The van der Waals surface area contributed by atoms with Gasteiger partial charge in [0.15, 0.2) is 0 Å². The fraction of sp³-hybridized carbons (Fsp3) is 0.500. The molecule has 10 nitrogen and oxygen atoms in total. The molecule has 3 aliphatic heterocycles. The Morgan fingerprint density at radius 2 is 1.93 bits per heavy atom. The number of anilines is 1. The number of rotatable bonds is 7. The molecule has 2 N–H and O–H groups in total. The maximum atomic E-state index is 13.4. The van der Waals surface area contributed by atoms with Crippen molar-refractivity contribution in [2.75, 3.05) is 18.4 Å². The number of fused-ring (bicyclic) bond motifs is 1. The van der Waals surface area contributed by atoms with Crippen molar-refractivity contribution < 1.29 is 19.2 Å². The number of hydrogen-bond acceptors (Lipinski definition) is 6. The zero-order valence-corrected chi connectivity index (χ0v) is 22.9. The molecule has 1 aliphatic carbocycles. The van der Waals surface area contributed by atoms with Gasteiger partial charge < -0.3 is 15.5 Å². The van der Waals surface area contributed by atoms with E-state index >= 15 is 0 Å². The van der Waals surface area contributed by atoms with E-state index < -0.39 is 17.9 Å². The van der Waals surface area contributed by atoms with Gasteiger partial charge in [-0.25, -0.2) is 0 Å². The molecule has 4 amide bonds. The molecule has 1 saturated carbocycles. The predicted molar refractivity (Wildman–Crippen MR) is 148 cm³/mol. The fourth-order valence-corrected chi connectivity index (χ4v) is 6.60. The van der Waals surface area contributed by atoms with Gasteiger partial charge in [0.2, 0.25) is 11.8 Å². The molecule has 40 heavy (non-hydrogen) atoms. The van der Waals surface area contributed by atoms with Crippen LogP contribution in [0.15, 0.2) is 42.9 Å². The summed E-state index contributed by atoms with van der Waals surface area (Å²) in [5.74, 6) is -0.951. The first kappa shape index (κ1) is 26.3. The highest BCUT2D eigenvalue weighted by molar-refractivity contribution is 6.25. The Kier molecular flexibility index (Phi) is 6.72. The fourth-order valence-electron chi connectivity index (χ4n) is 6.60. The van der Waals surface area contributed by atoms with Crippen LogP contribution in [0, 0.1) is 5.41 Å². The quantitative estimate of drug-likeness (QED) is 0.515. The number of imide groups is 1. The molecule has 1 aromatic carbocycles. The molecular weight excluding hydrogens is 508 g/mol. The van der Waals surface area contributed by atoms with E-state index in [-0.39, 0.29) is 17.4 Å². The molecule has 10 heteroatoms. The number of carbonyl (C=O) groups excluding carboxylic acids is 4. The van der Waals surface area contributed by atoms with Crippen molar-refractivity contribution in [3.05, 3.63) is 59.6 Å². The van der Waals surface area contributed by atoms with Crippen LogP contribution in [0.5, 0.6) is 0 Å². The first-order valence-electron chi connectivity index (χ1n) is 14.4. The summed E-state index contributed by atoms with van der Waals surface area (Å²) in [5.41, 5.74) is 2.59. The van der Waals surface area contributed by atoms with Gasteiger partial charge >= 0.3 is 0 Å². The summed E-state index contributed by atoms with van der Waals surface area (Å²) in [7, 11) is 0. The number of aromatic nitrogens is 2. The van der Waals surface area contributed by atoms with Crippen LogP contribution in [-0.4, -0.2) is 62.3 Å². The van der Waals surface area contributed by atoms with Gasteiger partial charge in [-0.15, -0.1) is 0 Å². The van der Waals surface area contributed by atoms with Gasteiger partial charge in [0, 0.05) is 48.2 Å². The lowest BCUT2D eigenvalue weighted by atomic mass is 9.66. The predicted octanol–water partition coefficient (Wildman–Crippen LogP) is 3.63. The maximum Gasteiger partial charge on any atom is 0.264 e. The minimum atomic E-state index is -0.841. The molecule has 2 aromatic rings. The highest BCUT2D eigenvalue weighted by Gasteiger charge is 2.46. The summed E-state index contributed by atoms with van der Waals surface area (Å²) in [6, 6.07) is 4.54. The van der Waals surface area contributed by atoms with Crippen molar-refractivity contribution in [3.8, 4) is 0 Å². The summed E-state index contributed by atoms with van der Waals surface area (Å²) in [5, 5.41) is 10.6. The lowest BCUT2D eigenvalue weighted by Crippen LogP contribution is -2.51. The number of nitrogens with one attached hydrogen (secondary N) is 2. The lowest BCUT2D eigenvalue weighted by Gasteiger charge is -2.44. The first-order chi connectivity index (χ1) is 19.3. The number of amides is 4. The highest BCUT2D eigenvalue weighted by Crippen LogP contribution is 2.46. The van der Waals surface area contributed by atoms with Gasteiger partial charge in [0.25, 0.3) is 11.8 Å². The van der Waals surface area contributed by atoms with Gasteiger partial charge in [-0.3, -0.25) is 28.8 Å². The van der Waals surface area contributed by atoms with Crippen LogP contribution in [0.3, 0.4) is 0 Å². The molecule has 1 atom stereocenters. The summed E-state index contributed by atoms with van der Waals surface area (Å²) < 4.78 is 1.99. The summed E-state index contributed by atoms with van der Waals surface area (Å²) in [6.07, 6.45) is 10.6. The van der Waals surface area contributed by atoms with Crippen LogP contribution in [0.4, 0.5) is 5.69 Å². The third-order valence-corrected chi connectivity index (χ3v) is 9.29. The van der Waals surface area contributed by atoms with Crippen molar-refractivity contribution in [1.82, 2.24) is 24.9 Å². The zero-order valence-electron chi connectivity index (χ0n) is 22.9. The minimum Gasteiger partial charge on any atom is -0.380 e. The van der Waals surface area contributed by atoms with Gasteiger partial charge in [-0.2, -0.15) is 5.10 Å². The largest absolute Gasteiger partial charge is 0.380 e. The number of likely N-dealkylation sites (tertiary alicyclic amines) is 1. The van der Waals surface area contributed by atoms with E-state index in [1.54, 1.807) is 18.2 Å². The Balaban J connectivity index is 1.09. The Morgan fingerprint density at radius 3 is 2.60 bits per heavy atom. The molecule has 1 unspecified atom stereocenters. The minimum absolute atomic E-state index is 0.115. The number of carbonyl (C=O) groups is 4. The SMILES string of the molecule is C=C1CCC(N2C(=O)c3cccc(NCc4cnn(C5CCN(C(=O)C6(CC)CCC6)CC5)c4)c3C2=O)C(=O)N1. The van der Waals surface area contributed by atoms with Crippen molar-refractivity contribution in [2.24, 2.45) is 5.41 Å². The topological polar surface area (TPSA) is 117 Å². The highest BCUT2D eigenvalue weighted by atomic mass is 16.2. The van der Waals surface area contributed by atoms with Crippen LogP contribution in [0.25, 0.3) is 0 Å². The first-order valence-corrected chi connectivity index (χ1v) is 14.4. The average molecular weight is 545 g/mol. The van der Waals surface area contributed by atoms with E-state index in [4.69, 9.17) is 0 Å². The molecule has 4 aliphatic rings. The molecule has 6 rings (SSSR count). The molecule has 4 heterocycles. The Labute approximate surface area is 233 Å². The molecular formula is C30H36N6O4. The van der Waals surface area contributed by atoms with Gasteiger partial charge in [-0.1, -0.05) is 26.0 Å². The van der Waals surface area contributed by atoms with Gasteiger partial charge in [-0.05, 0) is 57.1 Å². The van der Waals surface area contributed by atoms with E-state index in [2.05, 4.69) is 34.1 Å². The second-order valence-electron chi connectivity index (χ2n) is 11.5. The van der Waals surface area contributed by atoms with Crippen LogP contribution in [0.1, 0.15) is 90.6 Å². The third-order valence-electron chi connectivity index (χ3n) is 9.29. The number of allylic oxidation sites excluding steroid dienone is 1. The van der Waals surface area contributed by atoms with Crippen molar-refractivity contribution >= 4 is 29.3 Å². The van der Waals surface area contributed by atoms with E-state index in [1.165, 1.54) is 0 Å². The number of nitrogens with zero attached hydrogens (tertiary/aromatic N) is 4. The van der Waals surface area contributed by atoms with Crippen molar-refractivity contribution in [3.63, 3.8) is 0 Å². The Bertz CT molecular complexity index is 1380. The number of hydrogen-bond donors (Lipinski definition) is 2. The van der Waals surface area contributed by atoms with Crippen LogP contribution in [0.2, 0.25) is 0 Å². The van der Waals surface area contributed by atoms with E-state index in [1.807, 2.05) is 17.1 Å². The number of piperidine rings is 2. The smallest absolute Gasteiger partial charge is 0.264 e. The monoisotopic (exact) mass is 544 g/mol. The normalized spacial score (nSPS) is 22.7. The Morgan fingerprint density at radius 1 is 1.15 bits per heavy atom. The van der Waals surface area contributed by atoms with Crippen LogP contribution in [-0.2, 0) is 16.1 Å². The summed E-state index contributed by atoms with van der Waals surface area (Å²) in [6.45, 7) is 7.85. The standard InChI is InChI=1S/C30H36N6O4/c1-3-30(12-5-13-30)29(40)34-14-10-21(11-15-34)35-18-20(17-32-35)16-31-23-7-4-6-22-25(23)28(39)36(27(22)38)24-9-8-19(2)33-26(24)37/h4,6-7,17-18,21,24,31H,2-3,5,8-16H2,1H3,(H,33,37). The lowest BCUT2D eigenvalue weighted by molar-refractivity contribution is -0.149. The molecule has 0 bridgehead atoms. The second-order valence-corrected chi connectivity index (χ2v) is 11.5. The van der Waals surface area contributed by atoms with Crippen molar-refractivity contribution in [2.45, 2.75) is 76.9 Å². The van der Waals surface area contributed by atoms with Gasteiger partial charge in [0.1, 0.15) is 6.04 Å². The zero-order chi connectivity index (χ0) is 28.0.